The Labute approximate surface area is 102 Å². The van der Waals surface area contributed by atoms with Crippen LogP contribution in [0.1, 0.15) is 40.0 Å². The molecule has 5 nitrogen and oxygen atoms in total. The van der Waals surface area contributed by atoms with Gasteiger partial charge in [0.25, 0.3) is 0 Å². The van der Waals surface area contributed by atoms with Crippen LogP contribution in [0.3, 0.4) is 0 Å². The van der Waals surface area contributed by atoms with Crippen molar-refractivity contribution in [3.63, 3.8) is 0 Å². The average molecular weight is 245 g/mol. The van der Waals surface area contributed by atoms with Crippen LogP contribution in [0.5, 0.6) is 0 Å². The number of amides is 1. The van der Waals surface area contributed by atoms with Crippen molar-refractivity contribution in [3.8, 4) is 0 Å². The summed E-state index contributed by atoms with van der Waals surface area (Å²) >= 11 is 0. The number of nitrogens with zero attached hydrogens (tertiary/aromatic N) is 1. The minimum atomic E-state index is -0.900. The van der Waals surface area contributed by atoms with Crippen molar-refractivity contribution in [1.29, 1.82) is 0 Å². The molecule has 1 aliphatic rings. The van der Waals surface area contributed by atoms with Crippen LogP contribution < -0.4 is 0 Å². The zero-order chi connectivity index (χ0) is 13.1. The summed E-state index contributed by atoms with van der Waals surface area (Å²) in [6.45, 7) is 5.23. The lowest BCUT2D eigenvalue weighted by Crippen LogP contribution is -2.50. The summed E-state index contributed by atoms with van der Waals surface area (Å²) in [6.07, 6.45) is 1.67. The van der Waals surface area contributed by atoms with E-state index in [-0.39, 0.29) is 19.2 Å². The second-order valence-corrected chi connectivity index (χ2v) is 5.55. The topological polar surface area (TPSA) is 70.0 Å². The first-order valence-corrected chi connectivity index (χ1v) is 6.12. The van der Waals surface area contributed by atoms with Crippen LogP contribution in [0.2, 0.25) is 0 Å². The van der Waals surface area contributed by atoms with E-state index in [1.165, 1.54) is 4.90 Å². The Bertz CT molecular complexity index is 258. The Hall–Kier alpha value is -0.810. The molecule has 2 N–H and O–H groups in total. The fourth-order valence-electron chi connectivity index (χ4n) is 1.68. The lowest BCUT2D eigenvalue weighted by Gasteiger charge is -2.39. The summed E-state index contributed by atoms with van der Waals surface area (Å²) in [5.41, 5.74) is -0.538. The molecule has 0 unspecified atom stereocenters. The van der Waals surface area contributed by atoms with Gasteiger partial charge in [-0.15, -0.1) is 0 Å². The number of carbonyl (C=O) groups excluding carboxylic acids is 1. The molecule has 1 fully saturated rings. The zero-order valence-electron chi connectivity index (χ0n) is 10.8. The highest BCUT2D eigenvalue weighted by Gasteiger charge is 2.32. The molecule has 1 aliphatic carbocycles. The van der Waals surface area contributed by atoms with Gasteiger partial charge >= 0.3 is 6.09 Å². The van der Waals surface area contributed by atoms with E-state index in [1.54, 1.807) is 0 Å². The highest BCUT2D eigenvalue weighted by atomic mass is 16.6. The molecular formula is C12H23NO4. The third-order valence-electron chi connectivity index (χ3n) is 2.76. The van der Waals surface area contributed by atoms with Gasteiger partial charge in [-0.2, -0.15) is 0 Å². The molecule has 0 aromatic heterocycles. The molecule has 0 aromatic rings. The molecule has 0 radical (unpaired) electrons. The van der Waals surface area contributed by atoms with Crippen molar-refractivity contribution in [3.05, 3.63) is 0 Å². The van der Waals surface area contributed by atoms with Gasteiger partial charge in [0.1, 0.15) is 5.60 Å². The fraction of sp³-hybridized carbons (Fsp3) is 0.917. The minimum absolute atomic E-state index is 0.135. The highest BCUT2D eigenvalue weighted by Crippen LogP contribution is 2.26. The summed E-state index contributed by atoms with van der Waals surface area (Å²) in [5.74, 6) is 0. The summed E-state index contributed by atoms with van der Waals surface area (Å²) in [7, 11) is 0. The SMILES string of the molecule is CC(C)(C)OC(=O)N(C[C@@H](O)CO)C1CCC1. The second-order valence-electron chi connectivity index (χ2n) is 5.55. The van der Waals surface area contributed by atoms with Gasteiger partial charge in [-0.3, -0.25) is 0 Å². The first kappa shape index (κ1) is 14.3. The molecule has 5 heteroatoms. The normalized spacial score (nSPS) is 18.4. The Morgan fingerprint density at radius 1 is 1.47 bits per heavy atom. The molecule has 0 aromatic carbocycles. The number of hydrogen-bond donors (Lipinski definition) is 2. The van der Waals surface area contributed by atoms with E-state index in [0.29, 0.717) is 0 Å². The van der Waals surface area contributed by atoms with E-state index in [1.807, 2.05) is 20.8 Å². The van der Waals surface area contributed by atoms with Crippen molar-refractivity contribution in [1.82, 2.24) is 4.90 Å². The Morgan fingerprint density at radius 2 is 2.06 bits per heavy atom. The Kier molecular flexibility index (Phi) is 4.77. The fourth-order valence-corrected chi connectivity index (χ4v) is 1.68. The van der Waals surface area contributed by atoms with Gasteiger partial charge in [0.15, 0.2) is 0 Å². The number of rotatable bonds is 4. The van der Waals surface area contributed by atoms with E-state index in [9.17, 15) is 9.90 Å². The second kappa shape index (κ2) is 5.69. The van der Waals surface area contributed by atoms with E-state index in [0.717, 1.165) is 19.3 Å². The van der Waals surface area contributed by atoms with Crippen LogP contribution in [0.25, 0.3) is 0 Å². The summed E-state index contributed by atoms with van der Waals surface area (Å²) < 4.78 is 5.30. The lowest BCUT2D eigenvalue weighted by molar-refractivity contribution is -0.0134. The van der Waals surface area contributed by atoms with Crippen LogP contribution in [0, 0.1) is 0 Å². The number of carbonyl (C=O) groups is 1. The molecule has 0 saturated heterocycles. The first-order valence-electron chi connectivity index (χ1n) is 6.12. The third-order valence-corrected chi connectivity index (χ3v) is 2.76. The lowest BCUT2D eigenvalue weighted by atomic mass is 9.91. The largest absolute Gasteiger partial charge is 0.444 e. The predicted molar refractivity (Wildman–Crippen MR) is 63.7 cm³/mol. The van der Waals surface area contributed by atoms with Crippen LogP contribution in [0.15, 0.2) is 0 Å². The van der Waals surface area contributed by atoms with Gasteiger partial charge in [-0.05, 0) is 40.0 Å². The first-order chi connectivity index (χ1) is 7.83. The van der Waals surface area contributed by atoms with Gasteiger partial charge < -0.3 is 19.8 Å². The molecule has 1 saturated carbocycles. The maximum atomic E-state index is 12.0. The van der Waals surface area contributed by atoms with Gasteiger partial charge in [-0.25, -0.2) is 4.79 Å². The van der Waals surface area contributed by atoms with E-state index < -0.39 is 17.8 Å². The van der Waals surface area contributed by atoms with Crippen LogP contribution in [0.4, 0.5) is 4.79 Å². The molecule has 1 amide bonds. The summed E-state index contributed by atoms with van der Waals surface area (Å²) in [5, 5.41) is 18.3. The van der Waals surface area contributed by atoms with Crippen LogP contribution in [-0.4, -0.2) is 52.1 Å². The number of aliphatic hydroxyl groups excluding tert-OH is 2. The van der Waals surface area contributed by atoms with Crippen LogP contribution >= 0.6 is 0 Å². The zero-order valence-corrected chi connectivity index (χ0v) is 10.8. The van der Waals surface area contributed by atoms with Crippen molar-refractivity contribution in [2.45, 2.75) is 57.8 Å². The van der Waals surface area contributed by atoms with Crippen LogP contribution in [-0.2, 0) is 4.74 Å². The van der Waals surface area contributed by atoms with E-state index >= 15 is 0 Å². The molecule has 0 spiro atoms. The number of ether oxygens (including phenoxy) is 1. The monoisotopic (exact) mass is 245 g/mol. The molecule has 1 rings (SSSR count). The van der Waals surface area contributed by atoms with Gasteiger partial charge in [0.2, 0.25) is 0 Å². The maximum Gasteiger partial charge on any atom is 0.410 e. The van der Waals surface area contributed by atoms with E-state index in [4.69, 9.17) is 9.84 Å². The summed E-state index contributed by atoms with van der Waals surface area (Å²) in [6, 6.07) is 0.144. The molecule has 1 atom stereocenters. The quantitative estimate of drug-likeness (QED) is 0.779. The summed E-state index contributed by atoms with van der Waals surface area (Å²) in [4.78, 5) is 13.5. The number of hydrogen-bond acceptors (Lipinski definition) is 4. The van der Waals surface area contributed by atoms with Crippen molar-refractivity contribution in [2.75, 3.05) is 13.2 Å². The van der Waals surface area contributed by atoms with Gasteiger partial charge in [0.05, 0.1) is 19.3 Å². The highest BCUT2D eigenvalue weighted by molar-refractivity contribution is 5.68. The van der Waals surface area contributed by atoms with Crippen molar-refractivity contribution in [2.24, 2.45) is 0 Å². The van der Waals surface area contributed by atoms with Gasteiger partial charge in [-0.1, -0.05) is 0 Å². The third kappa shape index (κ3) is 4.52. The molecule has 0 heterocycles. The molecule has 0 aliphatic heterocycles. The van der Waals surface area contributed by atoms with E-state index in [2.05, 4.69) is 0 Å². The van der Waals surface area contributed by atoms with Crippen molar-refractivity contribution >= 4 is 6.09 Å². The Morgan fingerprint density at radius 3 is 2.41 bits per heavy atom. The Balaban J connectivity index is 2.58. The van der Waals surface area contributed by atoms with Crippen molar-refractivity contribution < 1.29 is 19.7 Å². The minimum Gasteiger partial charge on any atom is -0.444 e. The number of aliphatic hydroxyl groups is 2. The molecule has 17 heavy (non-hydrogen) atoms. The maximum absolute atomic E-state index is 12.0. The average Bonchev–Trinajstić information content (AvgIpc) is 2.10. The standard InChI is InChI=1S/C12H23NO4/c1-12(2,3)17-11(16)13(7-10(15)8-14)9-5-4-6-9/h9-10,14-15H,4-8H2,1-3H3/t10-/m1/s1. The predicted octanol–water partition coefficient (Wildman–Crippen LogP) is 1.13. The molecule has 0 bridgehead atoms. The smallest absolute Gasteiger partial charge is 0.410 e. The van der Waals surface area contributed by atoms with Gasteiger partial charge in [0, 0.05) is 6.04 Å². The molecule has 100 valence electrons. The molecular weight excluding hydrogens is 222 g/mol.